The lowest BCUT2D eigenvalue weighted by Gasteiger charge is -2.24. The van der Waals surface area contributed by atoms with E-state index in [0.29, 0.717) is 18.7 Å². The van der Waals surface area contributed by atoms with Gasteiger partial charge in [0.2, 0.25) is 20.0 Å². The summed E-state index contributed by atoms with van der Waals surface area (Å²) in [5.41, 5.74) is 0.561. The Bertz CT molecular complexity index is 1160. The highest BCUT2D eigenvalue weighted by Crippen LogP contribution is 2.29. The molecular formula is C19H25N3O6S2. The zero-order valence-electron chi connectivity index (χ0n) is 17.0. The summed E-state index contributed by atoms with van der Waals surface area (Å²) in [4.78, 5) is 14.2. The van der Waals surface area contributed by atoms with Crippen molar-refractivity contribution < 1.29 is 26.0 Å². The number of benzene rings is 1. The molecule has 1 saturated heterocycles. The molecule has 9 nitrogen and oxygen atoms in total. The number of nitrogens with zero attached hydrogens (tertiary/aromatic N) is 2. The van der Waals surface area contributed by atoms with Crippen LogP contribution in [0.2, 0.25) is 0 Å². The summed E-state index contributed by atoms with van der Waals surface area (Å²) >= 11 is 0. The van der Waals surface area contributed by atoms with Gasteiger partial charge in [-0.1, -0.05) is 12.1 Å². The highest BCUT2D eigenvalue weighted by molar-refractivity contribution is 7.89. The Labute approximate surface area is 176 Å². The Balaban J connectivity index is 1.86. The fraction of sp³-hybridized carbons (Fsp3) is 0.421. The molecular weight excluding hydrogens is 430 g/mol. The molecule has 0 radical (unpaired) electrons. The predicted molar refractivity (Wildman–Crippen MR) is 110 cm³/mol. The zero-order chi connectivity index (χ0) is 22.3. The summed E-state index contributed by atoms with van der Waals surface area (Å²) in [6, 6.07) is 6.75. The molecule has 1 atom stereocenters. The van der Waals surface area contributed by atoms with Gasteiger partial charge >= 0.3 is 0 Å². The minimum atomic E-state index is -3.88. The smallest absolute Gasteiger partial charge is 0.289 e. The summed E-state index contributed by atoms with van der Waals surface area (Å²) in [6.45, 7) is 4.14. The molecule has 3 rings (SSSR count). The third-order valence-corrected chi connectivity index (χ3v) is 8.25. The van der Waals surface area contributed by atoms with E-state index < -0.39 is 32.0 Å². The van der Waals surface area contributed by atoms with Gasteiger partial charge in [-0.15, -0.1) is 0 Å². The van der Waals surface area contributed by atoms with Crippen molar-refractivity contribution in [3.05, 3.63) is 47.4 Å². The maximum Gasteiger partial charge on any atom is 0.289 e. The van der Waals surface area contributed by atoms with Crippen LogP contribution in [0.25, 0.3) is 0 Å². The Morgan fingerprint density at radius 2 is 1.80 bits per heavy atom. The number of hydrogen-bond acceptors (Lipinski definition) is 6. The third-order valence-electron chi connectivity index (χ3n) is 5.34. The molecule has 30 heavy (non-hydrogen) atoms. The molecule has 1 aromatic heterocycles. The standard InChI is InChI=1S/C19H25N3O6S2/c1-13(15-7-6-8-16(11-15)29(20,24)25)21(3)19(23)17-12-18(14(2)28-17)30(26,27)22-9-4-5-10-22/h6-8,11-13H,4-5,9-10H2,1-3H3,(H2,20,24,25). The minimum Gasteiger partial charge on any atom is -0.455 e. The topological polar surface area (TPSA) is 131 Å². The molecule has 2 N–H and O–H groups in total. The van der Waals surface area contributed by atoms with Crippen LogP contribution in [0, 0.1) is 6.92 Å². The number of amides is 1. The molecule has 164 valence electrons. The van der Waals surface area contributed by atoms with Crippen LogP contribution in [0.1, 0.15) is 47.7 Å². The monoisotopic (exact) mass is 455 g/mol. The van der Waals surface area contributed by atoms with Crippen LogP contribution in [0.3, 0.4) is 0 Å². The minimum absolute atomic E-state index is 0.00924. The molecule has 0 saturated carbocycles. The van der Waals surface area contributed by atoms with Crippen LogP contribution in [-0.2, 0) is 20.0 Å². The Kier molecular flexibility index (Phi) is 6.10. The number of sulfonamides is 2. The van der Waals surface area contributed by atoms with Crippen LogP contribution < -0.4 is 5.14 Å². The number of nitrogens with two attached hydrogens (primary N) is 1. The second-order valence-corrected chi connectivity index (χ2v) is 10.8. The largest absolute Gasteiger partial charge is 0.455 e. The number of hydrogen-bond donors (Lipinski definition) is 1. The van der Waals surface area contributed by atoms with Gasteiger partial charge in [-0.25, -0.2) is 22.0 Å². The van der Waals surface area contributed by atoms with Gasteiger partial charge in [-0.2, -0.15) is 4.31 Å². The normalized spacial score (nSPS) is 16.5. The first-order valence-corrected chi connectivity index (χ1v) is 12.4. The predicted octanol–water partition coefficient (Wildman–Crippen LogP) is 1.85. The van der Waals surface area contributed by atoms with E-state index in [9.17, 15) is 21.6 Å². The summed E-state index contributed by atoms with van der Waals surface area (Å²) in [6.07, 6.45) is 1.61. The van der Waals surface area contributed by atoms with Crippen molar-refractivity contribution in [1.82, 2.24) is 9.21 Å². The van der Waals surface area contributed by atoms with Gasteiger partial charge in [0, 0.05) is 26.2 Å². The SMILES string of the molecule is Cc1oc(C(=O)N(C)C(C)c2cccc(S(N)(=O)=O)c2)cc1S(=O)(=O)N1CCCC1. The van der Waals surface area contributed by atoms with Gasteiger partial charge in [0.05, 0.1) is 10.9 Å². The molecule has 2 aromatic rings. The average Bonchev–Trinajstić information content (AvgIpc) is 3.36. The summed E-state index contributed by atoms with van der Waals surface area (Å²) < 4.78 is 55.7. The lowest BCUT2D eigenvalue weighted by Crippen LogP contribution is -2.30. The van der Waals surface area contributed by atoms with Crippen LogP contribution in [0.5, 0.6) is 0 Å². The van der Waals surface area contributed by atoms with Crippen LogP contribution >= 0.6 is 0 Å². The molecule has 0 bridgehead atoms. The maximum absolute atomic E-state index is 12.9. The van der Waals surface area contributed by atoms with E-state index in [0.717, 1.165) is 12.8 Å². The molecule has 1 unspecified atom stereocenters. The number of aryl methyl sites for hydroxylation is 1. The van der Waals surface area contributed by atoms with E-state index in [1.54, 1.807) is 19.1 Å². The highest BCUT2D eigenvalue weighted by Gasteiger charge is 2.33. The first kappa shape index (κ1) is 22.5. The molecule has 0 aliphatic carbocycles. The van der Waals surface area contributed by atoms with Gasteiger partial charge in [0.1, 0.15) is 10.7 Å². The first-order chi connectivity index (χ1) is 13.9. The summed E-state index contributed by atoms with van der Waals surface area (Å²) in [5, 5.41) is 5.18. The number of carbonyl (C=O) groups excluding carboxylic acids is 1. The van der Waals surface area contributed by atoms with E-state index in [-0.39, 0.29) is 21.3 Å². The van der Waals surface area contributed by atoms with E-state index in [4.69, 9.17) is 9.56 Å². The van der Waals surface area contributed by atoms with Crippen LogP contribution in [-0.4, -0.2) is 52.1 Å². The van der Waals surface area contributed by atoms with E-state index in [2.05, 4.69) is 0 Å². The van der Waals surface area contributed by atoms with Gasteiger partial charge in [-0.3, -0.25) is 4.79 Å². The van der Waals surface area contributed by atoms with Gasteiger partial charge < -0.3 is 9.32 Å². The molecule has 1 aliphatic rings. The summed E-state index contributed by atoms with van der Waals surface area (Å²) in [5.74, 6) is -0.459. The van der Waals surface area contributed by atoms with Crippen molar-refractivity contribution >= 4 is 26.0 Å². The number of primary sulfonamides is 1. The van der Waals surface area contributed by atoms with Crippen molar-refractivity contribution in [2.24, 2.45) is 5.14 Å². The zero-order valence-corrected chi connectivity index (χ0v) is 18.7. The molecule has 0 spiro atoms. The first-order valence-electron chi connectivity index (χ1n) is 9.43. The molecule has 1 aromatic carbocycles. The lowest BCUT2D eigenvalue weighted by molar-refractivity contribution is 0.0709. The second-order valence-electron chi connectivity index (χ2n) is 7.35. The molecule has 1 fully saturated rings. The Morgan fingerprint density at radius 1 is 1.17 bits per heavy atom. The van der Waals surface area contributed by atoms with Crippen molar-refractivity contribution in [3.63, 3.8) is 0 Å². The number of furan rings is 1. The Hall–Kier alpha value is -2.21. The van der Waals surface area contributed by atoms with E-state index in [1.807, 2.05) is 0 Å². The van der Waals surface area contributed by atoms with Gasteiger partial charge in [0.15, 0.2) is 5.76 Å². The van der Waals surface area contributed by atoms with Crippen molar-refractivity contribution in [2.45, 2.75) is 42.5 Å². The van der Waals surface area contributed by atoms with E-state index in [1.165, 1.54) is 41.4 Å². The Morgan fingerprint density at radius 3 is 2.40 bits per heavy atom. The van der Waals surface area contributed by atoms with E-state index >= 15 is 0 Å². The van der Waals surface area contributed by atoms with Gasteiger partial charge in [-0.05, 0) is 44.4 Å². The second kappa shape index (κ2) is 8.14. The van der Waals surface area contributed by atoms with Crippen molar-refractivity contribution in [1.29, 1.82) is 0 Å². The highest BCUT2D eigenvalue weighted by atomic mass is 32.2. The molecule has 1 aliphatic heterocycles. The van der Waals surface area contributed by atoms with Gasteiger partial charge in [0.25, 0.3) is 5.91 Å². The molecule has 1 amide bonds. The number of carbonyl (C=O) groups is 1. The van der Waals surface area contributed by atoms with Crippen molar-refractivity contribution in [3.8, 4) is 0 Å². The quantitative estimate of drug-likeness (QED) is 0.707. The maximum atomic E-state index is 12.9. The van der Waals surface area contributed by atoms with Crippen molar-refractivity contribution in [2.75, 3.05) is 20.1 Å². The van der Waals surface area contributed by atoms with Crippen LogP contribution in [0.4, 0.5) is 0 Å². The molecule has 2 heterocycles. The third kappa shape index (κ3) is 4.29. The number of rotatable bonds is 6. The molecule has 11 heteroatoms. The average molecular weight is 456 g/mol. The summed E-state index contributed by atoms with van der Waals surface area (Å²) in [7, 11) is -6.06. The fourth-order valence-electron chi connectivity index (χ4n) is 3.42. The lowest BCUT2D eigenvalue weighted by atomic mass is 10.1. The van der Waals surface area contributed by atoms with Crippen LogP contribution in [0.15, 0.2) is 44.5 Å². The fourth-order valence-corrected chi connectivity index (χ4v) is 5.67.